The van der Waals surface area contributed by atoms with Crippen LogP contribution in [0.1, 0.15) is 30.9 Å². The SMILES string of the molecule is CCCCc1ccc(-c2ccc(Cn3cnc4ccccc43)cc2)cc1. The first-order chi connectivity index (χ1) is 12.8. The molecule has 3 aromatic carbocycles. The van der Waals surface area contributed by atoms with Crippen molar-refractivity contribution < 1.29 is 0 Å². The van der Waals surface area contributed by atoms with Gasteiger partial charge in [-0.05, 0) is 47.2 Å². The Hall–Kier alpha value is -2.87. The molecule has 0 saturated carbocycles. The monoisotopic (exact) mass is 340 g/mol. The number of aromatic nitrogens is 2. The summed E-state index contributed by atoms with van der Waals surface area (Å²) in [5.74, 6) is 0. The van der Waals surface area contributed by atoms with Crippen LogP contribution in [0.5, 0.6) is 0 Å². The number of imidazole rings is 1. The molecule has 26 heavy (non-hydrogen) atoms. The minimum atomic E-state index is 0.844. The molecule has 0 aliphatic heterocycles. The maximum Gasteiger partial charge on any atom is 0.0961 e. The van der Waals surface area contributed by atoms with Crippen molar-refractivity contribution in [3.63, 3.8) is 0 Å². The molecule has 0 atom stereocenters. The van der Waals surface area contributed by atoms with Gasteiger partial charge < -0.3 is 4.57 Å². The van der Waals surface area contributed by atoms with Gasteiger partial charge >= 0.3 is 0 Å². The Bertz CT molecular complexity index is 979. The van der Waals surface area contributed by atoms with Gasteiger partial charge in [0.25, 0.3) is 0 Å². The molecule has 0 amide bonds. The molecule has 0 aliphatic rings. The van der Waals surface area contributed by atoms with Crippen LogP contribution in [0.25, 0.3) is 22.2 Å². The van der Waals surface area contributed by atoms with E-state index in [1.165, 1.54) is 47.0 Å². The van der Waals surface area contributed by atoms with Gasteiger partial charge in [0.15, 0.2) is 0 Å². The van der Waals surface area contributed by atoms with E-state index in [0.717, 1.165) is 12.1 Å². The molecule has 1 aromatic heterocycles. The molecule has 0 spiro atoms. The third kappa shape index (κ3) is 3.55. The molecule has 0 aliphatic carbocycles. The van der Waals surface area contributed by atoms with E-state index in [-0.39, 0.29) is 0 Å². The van der Waals surface area contributed by atoms with E-state index in [4.69, 9.17) is 0 Å². The average molecular weight is 340 g/mol. The third-order valence-electron chi connectivity index (χ3n) is 4.94. The summed E-state index contributed by atoms with van der Waals surface area (Å²) in [6.07, 6.45) is 5.61. The van der Waals surface area contributed by atoms with E-state index in [2.05, 4.69) is 83.2 Å². The zero-order valence-electron chi connectivity index (χ0n) is 15.2. The van der Waals surface area contributed by atoms with Crippen LogP contribution in [0.3, 0.4) is 0 Å². The van der Waals surface area contributed by atoms with Crippen molar-refractivity contribution in [2.24, 2.45) is 0 Å². The van der Waals surface area contributed by atoms with Crippen LogP contribution in [0.2, 0.25) is 0 Å². The maximum atomic E-state index is 4.47. The average Bonchev–Trinajstić information content (AvgIpc) is 3.10. The van der Waals surface area contributed by atoms with Crippen LogP contribution in [-0.2, 0) is 13.0 Å². The number of fused-ring (bicyclic) bond motifs is 1. The molecule has 0 unspecified atom stereocenters. The van der Waals surface area contributed by atoms with Crippen LogP contribution in [0.15, 0.2) is 79.1 Å². The molecule has 2 nitrogen and oxygen atoms in total. The number of nitrogens with zero attached hydrogens (tertiary/aromatic N) is 2. The lowest BCUT2D eigenvalue weighted by atomic mass is 10.0. The summed E-state index contributed by atoms with van der Waals surface area (Å²) in [6.45, 7) is 3.08. The van der Waals surface area contributed by atoms with Crippen molar-refractivity contribution in [3.8, 4) is 11.1 Å². The summed E-state index contributed by atoms with van der Waals surface area (Å²) < 4.78 is 2.20. The summed E-state index contributed by atoms with van der Waals surface area (Å²) in [5, 5.41) is 0. The smallest absolute Gasteiger partial charge is 0.0961 e. The summed E-state index contributed by atoms with van der Waals surface area (Å²) in [7, 11) is 0. The molecular formula is C24H24N2. The van der Waals surface area contributed by atoms with Gasteiger partial charge in [0.05, 0.1) is 17.4 Å². The Kier molecular flexibility index (Phi) is 4.83. The highest BCUT2D eigenvalue weighted by Crippen LogP contribution is 2.22. The van der Waals surface area contributed by atoms with E-state index in [0.29, 0.717) is 0 Å². The second-order valence-corrected chi connectivity index (χ2v) is 6.86. The Morgan fingerprint density at radius 1 is 0.769 bits per heavy atom. The van der Waals surface area contributed by atoms with Crippen molar-refractivity contribution >= 4 is 11.0 Å². The van der Waals surface area contributed by atoms with Crippen molar-refractivity contribution in [2.45, 2.75) is 32.7 Å². The molecule has 0 radical (unpaired) electrons. The van der Waals surface area contributed by atoms with Crippen molar-refractivity contribution in [3.05, 3.63) is 90.3 Å². The Morgan fingerprint density at radius 3 is 2.12 bits per heavy atom. The van der Waals surface area contributed by atoms with Crippen molar-refractivity contribution in [1.82, 2.24) is 9.55 Å². The van der Waals surface area contributed by atoms with Crippen LogP contribution in [0.4, 0.5) is 0 Å². The largest absolute Gasteiger partial charge is 0.326 e. The van der Waals surface area contributed by atoms with E-state index >= 15 is 0 Å². The second kappa shape index (κ2) is 7.57. The molecular weight excluding hydrogens is 316 g/mol. The Morgan fingerprint density at radius 2 is 1.42 bits per heavy atom. The lowest BCUT2D eigenvalue weighted by molar-refractivity contribution is 0.795. The molecule has 1 heterocycles. The van der Waals surface area contributed by atoms with Crippen LogP contribution >= 0.6 is 0 Å². The quantitative estimate of drug-likeness (QED) is 0.415. The van der Waals surface area contributed by atoms with E-state index in [9.17, 15) is 0 Å². The van der Waals surface area contributed by atoms with Gasteiger partial charge in [-0.1, -0.05) is 74.0 Å². The molecule has 0 fully saturated rings. The number of rotatable bonds is 6. The lowest BCUT2D eigenvalue weighted by Gasteiger charge is -2.08. The van der Waals surface area contributed by atoms with Crippen LogP contribution in [0, 0.1) is 0 Å². The van der Waals surface area contributed by atoms with Gasteiger partial charge in [-0.3, -0.25) is 0 Å². The van der Waals surface area contributed by atoms with Crippen molar-refractivity contribution in [1.29, 1.82) is 0 Å². The lowest BCUT2D eigenvalue weighted by Crippen LogP contribution is -1.97. The van der Waals surface area contributed by atoms with Gasteiger partial charge in [-0.15, -0.1) is 0 Å². The first kappa shape index (κ1) is 16.6. The van der Waals surface area contributed by atoms with Gasteiger partial charge in [0.1, 0.15) is 0 Å². The number of para-hydroxylation sites is 2. The minimum absolute atomic E-state index is 0.844. The molecule has 0 N–H and O–H groups in total. The van der Waals surface area contributed by atoms with E-state index < -0.39 is 0 Å². The zero-order valence-corrected chi connectivity index (χ0v) is 15.2. The Labute approximate surface area is 155 Å². The molecule has 2 heteroatoms. The summed E-state index contributed by atoms with van der Waals surface area (Å²) in [5.41, 5.74) is 7.50. The fourth-order valence-corrected chi connectivity index (χ4v) is 3.38. The first-order valence-electron chi connectivity index (χ1n) is 9.41. The molecule has 130 valence electrons. The molecule has 0 bridgehead atoms. The van der Waals surface area contributed by atoms with Crippen LogP contribution < -0.4 is 0 Å². The highest BCUT2D eigenvalue weighted by molar-refractivity contribution is 5.75. The zero-order chi connectivity index (χ0) is 17.8. The summed E-state index contributed by atoms with van der Waals surface area (Å²) >= 11 is 0. The normalized spacial score (nSPS) is 11.1. The van der Waals surface area contributed by atoms with Gasteiger partial charge in [-0.2, -0.15) is 0 Å². The highest BCUT2D eigenvalue weighted by Gasteiger charge is 2.03. The number of unbranched alkanes of at least 4 members (excludes halogenated alkanes) is 1. The fraction of sp³-hybridized carbons (Fsp3) is 0.208. The predicted octanol–water partition coefficient (Wildman–Crippen LogP) is 6.09. The maximum absolute atomic E-state index is 4.47. The molecule has 4 rings (SSSR count). The van der Waals surface area contributed by atoms with Gasteiger partial charge in [0, 0.05) is 6.54 Å². The second-order valence-electron chi connectivity index (χ2n) is 6.86. The minimum Gasteiger partial charge on any atom is -0.326 e. The summed E-state index contributed by atoms with van der Waals surface area (Å²) in [6, 6.07) is 26.1. The standard InChI is InChI=1S/C24H24N2/c1-2-3-6-19-9-13-21(14-10-19)22-15-11-20(12-16-22)17-26-18-25-23-7-4-5-8-24(23)26/h4-5,7-16,18H,2-3,6,17H2,1H3. The number of benzene rings is 3. The predicted molar refractivity (Wildman–Crippen MR) is 109 cm³/mol. The Balaban J connectivity index is 1.49. The molecule has 0 saturated heterocycles. The third-order valence-corrected chi connectivity index (χ3v) is 4.94. The number of hydrogen-bond donors (Lipinski definition) is 0. The van der Waals surface area contributed by atoms with Crippen LogP contribution in [-0.4, -0.2) is 9.55 Å². The number of aryl methyl sites for hydroxylation is 1. The van der Waals surface area contributed by atoms with E-state index in [1.807, 2.05) is 12.4 Å². The first-order valence-corrected chi connectivity index (χ1v) is 9.41. The summed E-state index contributed by atoms with van der Waals surface area (Å²) in [4.78, 5) is 4.47. The fourth-order valence-electron chi connectivity index (χ4n) is 3.38. The highest BCUT2D eigenvalue weighted by atomic mass is 15.0. The van der Waals surface area contributed by atoms with Crippen molar-refractivity contribution in [2.75, 3.05) is 0 Å². The molecule has 4 aromatic rings. The van der Waals surface area contributed by atoms with E-state index in [1.54, 1.807) is 0 Å². The van der Waals surface area contributed by atoms with Gasteiger partial charge in [0.2, 0.25) is 0 Å². The van der Waals surface area contributed by atoms with Gasteiger partial charge in [-0.25, -0.2) is 4.98 Å². The topological polar surface area (TPSA) is 17.8 Å². The number of hydrogen-bond acceptors (Lipinski definition) is 1.